The third-order valence-electron chi connectivity index (χ3n) is 3.13. The van der Waals surface area contributed by atoms with Gasteiger partial charge in [0.25, 0.3) is 7.66 Å². The van der Waals surface area contributed by atoms with Crippen molar-refractivity contribution in [3.63, 3.8) is 0 Å². The van der Waals surface area contributed by atoms with E-state index >= 15 is 0 Å². The molecule has 0 unspecified atom stereocenters. The van der Waals surface area contributed by atoms with Crippen LogP contribution in [0.15, 0.2) is 0 Å². The van der Waals surface area contributed by atoms with Gasteiger partial charge in [0, 0.05) is 5.54 Å². The fourth-order valence-electron chi connectivity index (χ4n) is 2.68. The first-order valence-electron chi connectivity index (χ1n) is 4.38. The molecular weight excluding hydrogens is 175 g/mol. The maximum absolute atomic E-state index is 9.02. The zero-order valence-corrected chi connectivity index (χ0v) is 7.85. The second-order valence-electron chi connectivity index (χ2n) is 4.14. The summed E-state index contributed by atoms with van der Waals surface area (Å²) in [5, 5.41) is 9.77. The van der Waals surface area contributed by atoms with Crippen LogP contribution in [-0.4, -0.2) is 15.3 Å². The summed E-state index contributed by atoms with van der Waals surface area (Å²) < 4.78 is 0. The second-order valence-corrected chi connectivity index (χ2v) is 5.57. The molecule has 4 N–H and O–H groups in total. The van der Waals surface area contributed by atoms with Crippen molar-refractivity contribution >= 4 is 7.66 Å². The molecule has 2 aliphatic rings. The van der Waals surface area contributed by atoms with Crippen LogP contribution in [0, 0.1) is 11.1 Å². The summed E-state index contributed by atoms with van der Waals surface area (Å²) in [5.74, 6) is 0.768. The molecule has 2 bridgehead atoms. The van der Waals surface area contributed by atoms with Crippen LogP contribution < -0.4 is 5.09 Å². The first-order chi connectivity index (χ1) is 5.49. The van der Waals surface area contributed by atoms with Gasteiger partial charge in [-0.1, -0.05) is 0 Å². The quantitative estimate of drug-likeness (QED) is 0.497. The van der Waals surface area contributed by atoms with Crippen LogP contribution >= 0.6 is 7.66 Å². The molecule has 0 radical (unpaired) electrons. The monoisotopic (exact) mass is 190 g/mol. The van der Waals surface area contributed by atoms with Gasteiger partial charge in [-0.25, -0.2) is 5.09 Å². The Morgan fingerprint density at radius 1 is 1.33 bits per heavy atom. The zero-order chi connectivity index (χ0) is 8.82. The minimum Gasteiger partial charge on any atom is -0.328 e. The smallest absolute Gasteiger partial charge is 0.279 e. The first-order valence-corrected chi connectivity index (χ1v) is 6.08. The molecule has 0 amide bonds. The molecule has 2 rings (SSSR count). The lowest BCUT2D eigenvalue weighted by Gasteiger charge is -2.29. The molecule has 2 saturated carbocycles. The standard InChI is InChI=1S/C7H15N2O2P/c8-12(10,11)9-7-3-1-6(5-7)2-4-7/h6H,1-5H2,(H4,8,9,10,11). The summed E-state index contributed by atoms with van der Waals surface area (Å²) in [7, 11) is -3.52. The lowest BCUT2D eigenvalue weighted by Crippen LogP contribution is -2.38. The van der Waals surface area contributed by atoms with Crippen molar-refractivity contribution in [2.45, 2.75) is 37.6 Å². The predicted molar refractivity (Wildman–Crippen MR) is 46.5 cm³/mol. The Morgan fingerprint density at radius 3 is 2.25 bits per heavy atom. The fourth-order valence-corrected chi connectivity index (χ4v) is 3.66. The summed E-state index contributed by atoms with van der Waals surface area (Å²) in [6.07, 6.45) is 5.44. The lowest BCUT2D eigenvalue weighted by atomic mass is 9.95. The average molecular weight is 190 g/mol. The van der Waals surface area contributed by atoms with Gasteiger partial charge < -0.3 is 9.79 Å². The SMILES string of the molecule is N=P(O)(O)NC12CCC(CC1)C2. The summed E-state index contributed by atoms with van der Waals surface area (Å²) in [6.45, 7) is 0. The van der Waals surface area contributed by atoms with E-state index in [9.17, 15) is 0 Å². The van der Waals surface area contributed by atoms with E-state index in [1.54, 1.807) is 0 Å². The number of fused-ring (bicyclic) bond motifs is 2. The van der Waals surface area contributed by atoms with Gasteiger partial charge in [-0.3, -0.25) is 5.16 Å². The van der Waals surface area contributed by atoms with Crippen molar-refractivity contribution in [2.75, 3.05) is 0 Å². The molecule has 0 saturated heterocycles. The van der Waals surface area contributed by atoms with Crippen molar-refractivity contribution in [3.05, 3.63) is 0 Å². The van der Waals surface area contributed by atoms with E-state index in [0.29, 0.717) is 0 Å². The van der Waals surface area contributed by atoms with Crippen LogP contribution in [0.25, 0.3) is 0 Å². The molecular formula is C7H15N2O2P. The molecule has 70 valence electrons. The topological polar surface area (TPSA) is 76.3 Å². The highest BCUT2D eigenvalue weighted by molar-refractivity contribution is 7.50. The van der Waals surface area contributed by atoms with Crippen molar-refractivity contribution in [3.8, 4) is 0 Å². The van der Waals surface area contributed by atoms with E-state index in [1.807, 2.05) is 0 Å². The van der Waals surface area contributed by atoms with Gasteiger partial charge in [-0.15, -0.1) is 0 Å². The normalized spacial score (nSPS) is 40.7. The Hall–Kier alpha value is 0.110. The second kappa shape index (κ2) is 2.55. The van der Waals surface area contributed by atoms with Crippen LogP contribution in [0.2, 0.25) is 0 Å². The van der Waals surface area contributed by atoms with Gasteiger partial charge in [0.2, 0.25) is 0 Å². The van der Waals surface area contributed by atoms with Crippen LogP contribution in [0.3, 0.4) is 0 Å². The van der Waals surface area contributed by atoms with Gasteiger partial charge in [0.15, 0.2) is 0 Å². The van der Waals surface area contributed by atoms with Gasteiger partial charge in [-0.2, -0.15) is 0 Å². The van der Waals surface area contributed by atoms with Crippen LogP contribution in [0.5, 0.6) is 0 Å². The molecule has 0 atom stereocenters. The molecule has 0 heterocycles. The Balaban J connectivity index is 2.08. The van der Waals surface area contributed by atoms with E-state index in [0.717, 1.165) is 25.2 Å². The Kier molecular flexibility index (Phi) is 1.85. The predicted octanol–water partition coefficient (Wildman–Crippen LogP) is 1.42. The molecule has 12 heavy (non-hydrogen) atoms. The van der Waals surface area contributed by atoms with E-state index in [2.05, 4.69) is 5.09 Å². The van der Waals surface area contributed by atoms with Gasteiger partial charge in [0.1, 0.15) is 0 Å². The minimum absolute atomic E-state index is 0.0936. The van der Waals surface area contributed by atoms with Crippen molar-refractivity contribution < 1.29 is 9.79 Å². The van der Waals surface area contributed by atoms with Crippen molar-refractivity contribution in [1.82, 2.24) is 5.09 Å². The van der Waals surface area contributed by atoms with Crippen LogP contribution in [-0.2, 0) is 0 Å². The first kappa shape index (κ1) is 8.70. The van der Waals surface area contributed by atoms with Crippen molar-refractivity contribution in [1.29, 1.82) is 5.16 Å². The van der Waals surface area contributed by atoms with E-state index in [4.69, 9.17) is 14.9 Å². The molecule has 2 fully saturated rings. The largest absolute Gasteiger partial charge is 0.328 e. The third kappa shape index (κ3) is 1.57. The lowest BCUT2D eigenvalue weighted by molar-refractivity contribution is 0.342. The highest BCUT2D eigenvalue weighted by atomic mass is 31.2. The van der Waals surface area contributed by atoms with Crippen molar-refractivity contribution in [2.24, 2.45) is 5.92 Å². The number of hydrogen-bond acceptors (Lipinski definition) is 1. The maximum Gasteiger partial charge on any atom is 0.279 e. The van der Waals surface area contributed by atoms with Crippen LogP contribution in [0.1, 0.15) is 32.1 Å². The Bertz CT molecular complexity index is 230. The summed E-state index contributed by atoms with van der Waals surface area (Å²) in [6, 6.07) is 0. The molecule has 2 aliphatic carbocycles. The Labute approximate surface area is 72.1 Å². The highest BCUT2D eigenvalue weighted by Crippen LogP contribution is 2.51. The summed E-state index contributed by atoms with van der Waals surface area (Å²) >= 11 is 0. The summed E-state index contributed by atoms with van der Waals surface area (Å²) in [5.41, 5.74) is -0.0936. The van der Waals surface area contributed by atoms with E-state index < -0.39 is 7.66 Å². The van der Waals surface area contributed by atoms with Crippen LogP contribution in [0.4, 0.5) is 0 Å². The minimum atomic E-state index is -3.52. The molecule has 5 heteroatoms. The summed E-state index contributed by atoms with van der Waals surface area (Å²) in [4.78, 5) is 18.0. The molecule has 4 nitrogen and oxygen atoms in total. The number of rotatable bonds is 2. The third-order valence-corrected chi connectivity index (χ3v) is 3.92. The molecule has 0 aromatic rings. The van der Waals surface area contributed by atoms with E-state index in [1.165, 1.54) is 12.8 Å². The maximum atomic E-state index is 9.02. The highest BCUT2D eigenvalue weighted by Gasteiger charge is 2.46. The Morgan fingerprint density at radius 2 is 1.92 bits per heavy atom. The molecule has 0 aromatic heterocycles. The molecule has 0 aromatic carbocycles. The van der Waals surface area contributed by atoms with Gasteiger partial charge in [-0.05, 0) is 38.0 Å². The van der Waals surface area contributed by atoms with Gasteiger partial charge in [0.05, 0.1) is 0 Å². The van der Waals surface area contributed by atoms with Gasteiger partial charge >= 0.3 is 0 Å². The van der Waals surface area contributed by atoms with E-state index in [-0.39, 0.29) is 5.54 Å². The average Bonchev–Trinajstić information content (AvgIpc) is 2.40. The molecule has 0 aliphatic heterocycles. The fraction of sp³-hybridized carbons (Fsp3) is 1.00. The zero-order valence-electron chi connectivity index (χ0n) is 6.95. The number of nitrogens with one attached hydrogen (secondary N) is 2. The molecule has 0 spiro atoms. The number of hydrogen-bond donors (Lipinski definition) is 4.